The average Bonchev–Trinajstić information content (AvgIpc) is 2.95. The SMILES string of the molecule is CS(=O)(=O)Oc1c(-c2ccccc2)c2cccnc2n1N1CCOCC1. The van der Waals surface area contributed by atoms with Gasteiger partial charge in [-0.3, -0.25) is 0 Å². The molecule has 1 aliphatic rings. The largest absolute Gasteiger partial charge is 0.378 e. The predicted octanol–water partition coefficient (Wildman–Crippen LogP) is 2.01. The summed E-state index contributed by atoms with van der Waals surface area (Å²) in [4.78, 5) is 4.50. The van der Waals surface area contributed by atoms with Crippen molar-refractivity contribution in [3.05, 3.63) is 48.7 Å². The van der Waals surface area contributed by atoms with E-state index in [1.165, 1.54) is 0 Å². The van der Waals surface area contributed by atoms with Gasteiger partial charge in [-0.25, -0.2) is 9.66 Å². The number of ether oxygens (including phenoxy) is 1. The van der Waals surface area contributed by atoms with Crippen LogP contribution in [0, 0.1) is 0 Å². The molecule has 1 saturated heterocycles. The second-order valence-corrected chi connectivity index (χ2v) is 7.66. The minimum absolute atomic E-state index is 0.259. The minimum atomic E-state index is -3.72. The van der Waals surface area contributed by atoms with Crippen LogP contribution in [0.25, 0.3) is 22.2 Å². The highest BCUT2D eigenvalue weighted by Crippen LogP contribution is 2.40. The quantitative estimate of drug-likeness (QED) is 0.652. The molecule has 1 fully saturated rings. The third-order valence-electron chi connectivity index (χ3n) is 4.23. The van der Waals surface area contributed by atoms with E-state index in [2.05, 4.69) is 4.98 Å². The fourth-order valence-electron chi connectivity index (χ4n) is 3.20. The van der Waals surface area contributed by atoms with E-state index < -0.39 is 10.1 Å². The summed E-state index contributed by atoms with van der Waals surface area (Å²) in [5.41, 5.74) is 2.24. The second kappa shape index (κ2) is 6.62. The molecule has 0 saturated carbocycles. The normalized spacial score (nSPS) is 15.3. The van der Waals surface area contributed by atoms with Crippen LogP contribution in [0.4, 0.5) is 0 Å². The molecule has 8 heteroatoms. The summed E-state index contributed by atoms with van der Waals surface area (Å²) in [6, 6.07) is 13.4. The van der Waals surface area contributed by atoms with E-state index >= 15 is 0 Å². The summed E-state index contributed by atoms with van der Waals surface area (Å²) >= 11 is 0. The first-order chi connectivity index (χ1) is 12.5. The van der Waals surface area contributed by atoms with Gasteiger partial charge in [-0.05, 0) is 17.7 Å². The van der Waals surface area contributed by atoms with Crippen LogP contribution in [0.3, 0.4) is 0 Å². The second-order valence-electron chi connectivity index (χ2n) is 6.09. The van der Waals surface area contributed by atoms with Gasteiger partial charge in [0.05, 0.1) is 38.1 Å². The molecule has 3 aromatic rings. The van der Waals surface area contributed by atoms with Crippen LogP contribution < -0.4 is 9.19 Å². The predicted molar refractivity (Wildman–Crippen MR) is 99.4 cm³/mol. The lowest BCUT2D eigenvalue weighted by Crippen LogP contribution is -2.44. The number of morpholine rings is 1. The van der Waals surface area contributed by atoms with Gasteiger partial charge in [0, 0.05) is 11.6 Å². The molecule has 0 aliphatic carbocycles. The number of pyridine rings is 1. The maximum atomic E-state index is 12.0. The zero-order valence-electron chi connectivity index (χ0n) is 14.3. The van der Waals surface area contributed by atoms with Gasteiger partial charge in [-0.2, -0.15) is 8.42 Å². The number of rotatable bonds is 4. The van der Waals surface area contributed by atoms with Crippen molar-refractivity contribution in [2.45, 2.75) is 0 Å². The lowest BCUT2D eigenvalue weighted by Gasteiger charge is -2.31. The number of hydrogen-bond acceptors (Lipinski definition) is 6. The maximum absolute atomic E-state index is 12.0. The van der Waals surface area contributed by atoms with Crippen molar-refractivity contribution in [3.63, 3.8) is 0 Å². The molecule has 0 atom stereocenters. The number of benzene rings is 1. The zero-order chi connectivity index (χ0) is 18.1. The van der Waals surface area contributed by atoms with Gasteiger partial charge in [0.2, 0.25) is 5.88 Å². The first-order valence-corrected chi connectivity index (χ1v) is 10.1. The molecule has 0 radical (unpaired) electrons. The number of fused-ring (bicyclic) bond motifs is 1. The molecule has 0 unspecified atom stereocenters. The topological polar surface area (TPSA) is 73.7 Å². The lowest BCUT2D eigenvalue weighted by molar-refractivity contribution is 0.111. The van der Waals surface area contributed by atoms with E-state index in [0.717, 1.165) is 17.2 Å². The van der Waals surface area contributed by atoms with Crippen molar-refractivity contribution >= 4 is 21.2 Å². The van der Waals surface area contributed by atoms with Crippen molar-refractivity contribution in [2.24, 2.45) is 0 Å². The van der Waals surface area contributed by atoms with E-state index in [1.807, 2.05) is 47.5 Å². The van der Waals surface area contributed by atoms with Crippen LogP contribution in [-0.4, -0.2) is 50.6 Å². The summed E-state index contributed by atoms with van der Waals surface area (Å²) in [6.45, 7) is 2.36. The summed E-state index contributed by atoms with van der Waals surface area (Å²) < 4.78 is 36.7. The Labute approximate surface area is 151 Å². The van der Waals surface area contributed by atoms with E-state index in [9.17, 15) is 8.42 Å². The summed E-state index contributed by atoms with van der Waals surface area (Å²) in [5, 5.41) is 2.84. The smallest absolute Gasteiger partial charge is 0.307 e. The molecular formula is C18H19N3O4S. The van der Waals surface area contributed by atoms with Crippen LogP contribution in [0.5, 0.6) is 5.88 Å². The molecule has 0 bridgehead atoms. The van der Waals surface area contributed by atoms with Crippen molar-refractivity contribution in [3.8, 4) is 17.0 Å². The fourth-order valence-corrected chi connectivity index (χ4v) is 3.64. The van der Waals surface area contributed by atoms with Crippen molar-refractivity contribution in [1.29, 1.82) is 0 Å². The standard InChI is InChI=1S/C18H19N3O4S/c1-26(22,23)25-18-16(14-6-3-2-4-7-14)15-8-5-9-19-17(15)21(18)20-10-12-24-13-11-20/h2-9H,10-13H2,1H3. The van der Waals surface area contributed by atoms with Gasteiger partial charge in [0.15, 0.2) is 5.65 Å². The van der Waals surface area contributed by atoms with E-state index in [0.29, 0.717) is 37.5 Å². The molecule has 2 aromatic heterocycles. The monoisotopic (exact) mass is 373 g/mol. The molecule has 0 spiro atoms. The van der Waals surface area contributed by atoms with Gasteiger partial charge in [-0.15, -0.1) is 0 Å². The van der Waals surface area contributed by atoms with Gasteiger partial charge in [-0.1, -0.05) is 30.3 Å². The van der Waals surface area contributed by atoms with Crippen LogP contribution in [0.1, 0.15) is 0 Å². The Hall–Kier alpha value is -2.58. The summed E-state index contributed by atoms with van der Waals surface area (Å²) in [6.07, 6.45) is 2.74. The summed E-state index contributed by atoms with van der Waals surface area (Å²) in [7, 11) is -3.72. The Morgan fingerprint density at radius 1 is 1.08 bits per heavy atom. The fraction of sp³-hybridized carbons (Fsp3) is 0.278. The Balaban J connectivity index is 2.03. The van der Waals surface area contributed by atoms with Crippen LogP contribution in [0.15, 0.2) is 48.7 Å². The molecule has 1 aromatic carbocycles. The minimum Gasteiger partial charge on any atom is -0.378 e. The number of hydrogen-bond donors (Lipinski definition) is 0. The Morgan fingerprint density at radius 2 is 1.81 bits per heavy atom. The van der Waals surface area contributed by atoms with Crippen LogP contribution >= 0.6 is 0 Å². The average molecular weight is 373 g/mol. The van der Waals surface area contributed by atoms with Gasteiger partial charge in [0.1, 0.15) is 0 Å². The highest BCUT2D eigenvalue weighted by molar-refractivity contribution is 7.86. The van der Waals surface area contributed by atoms with Gasteiger partial charge in [0.25, 0.3) is 0 Å². The van der Waals surface area contributed by atoms with Crippen LogP contribution in [-0.2, 0) is 14.9 Å². The van der Waals surface area contributed by atoms with Crippen molar-refractivity contribution in [1.82, 2.24) is 9.66 Å². The molecule has 26 heavy (non-hydrogen) atoms. The molecule has 7 nitrogen and oxygen atoms in total. The number of aromatic nitrogens is 2. The molecule has 0 N–H and O–H groups in total. The molecular weight excluding hydrogens is 354 g/mol. The van der Waals surface area contributed by atoms with Gasteiger partial charge >= 0.3 is 10.1 Å². The highest BCUT2D eigenvalue weighted by Gasteiger charge is 2.27. The lowest BCUT2D eigenvalue weighted by atomic mass is 10.1. The first-order valence-electron chi connectivity index (χ1n) is 8.32. The third-order valence-corrected chi connectivity index (χ3v) is 4.69. The highest BCUT2D eigenvalue weighted by atomic mass is 32.2. The molecule has 4 rings (SSSR count). The van der Waals surface area contributed by atoms with Crippen LogP contribution in [0.2, 0.25) is 0 Å². The maximum Gasteiger partial charge on any atom is 0.307 e. The van der Waals surface area contributed by atoms with E-state index in [4.69, 9.17) is 8.92 Å². The van der Waals surface area contributed by atoms with Gasteiger partial charge < -0.3 is 13.9 Å². The molecule has 0 amide bonds. The summed E-state index contributed by atoms with van der Waals surface area (Å²) in [5.74, 6) is 0.259. The van der Waals surface area contributed by atoms with Crippen molar-refractivity contribution < 1.29 is 17.3 Å². The third kappa shape index (κ3) is 3.13. The zero-order valence-corrected chi connectivity index (χ0v) is 15.1. The van der Waals surface area contributed by atoms with Crippen molar-refractivity contribution in [2.75, 3.05) is 37.6 Å². The molecule has 1 aliphatic heterocycles. The Morgan fingerprint density at radius 3 is 2.50 bits per heavy atom. The molecule has 136 valence electrons. The Kier molecular flexibility index (Phi) is 4.29. The molecule has 3 heterocycles. The Bertz CT molecular complexity index is 1030. The number of nitrogens with zero attached hydrogens (tertiary/aromatic N) is 3. The van der Waals surface area contributed by atoms with E-state index in [1.54, 1.807) is 10.9 Å². The van der Waals surface area contributed by atoms with E-state index in [-0.39, 0.29) is 5.88 Å². The first kappa shape index (κ1) is 16.9.